The van der Waals surface area contributed by atoms with E-state index in [9.17, 15) is 0 Å². The highest BCUT2D eigenvalue weighted by atomic mass is 35.5. The van der Waals surface area contributed by atoms with Crippen molar-refractivity contribution in [2.24, 2.45) is 10.8 Å². The first kappa shape index (κ1) is 10.9. The van der Waals surface area contributed by atoms with Crippen LogP contribution in [0.3, 0.4) is 0 Å². The molecule has 1 rings (SSSR count). The number of hydrazone groups is 1. The van der Waals surface area contributed by atoms with E-state index in [1.54, 1.807) is 6.07 Å². The molecule has 0 amide bonds. The van der Waals surface area contributed by atoms with Crippen LogP contribution in [0.1, 0.15) is 12.5 Å². The maximum absolute atomic E-state index is 5.96. The maximum Gasteiger partial charge on any atom is 0.184 e. The zero-order valence-corrected chi connectivity index (χ0v) is 9.19. The summed E-state index contributed by atoms with van der Waals surface area (Å²) < 4.78 is 0. The van der Waals surface area contributed by atoms with Crippen molar-refractivity contribution < 1.29 is 0 Å². The number of nitrogens with two attached hydrogens (primary N) is 1. The van der Waals surface area contributed by atoms with Crippen molar-refractivity contribution in [2.75, 3.05) is 0 Å². The van der Waals surface area contributed by atoms with Crippen molar-refractivity contribution in [2.45, 2.75) is 6.92 Å². The van der Waals surface area contributed by atoms with Gasteiger partial charge in [-0.3, -0.25) is 5.43 Å². The Labute approximate surface area is 92.9 Å². The molecule has 0 bridgehead atoms. The van der Waals surface area contributed by atoms with Crippen LogP contribution in [-0.2, 0) is 0 Å². The molecule has 1 aromatic rings. The van der Waals surface area contributed by atoms with Crippen LogP contribution < -0.4 is 11.2 Å². The molecule has 0 aromatic heterocycles. The van der Waals surface area contributed by atoms with Crippen LogP contribution in [0.5, 0.6) is 0 Å². The lowest BCUT2D eigenvalue weighted by Crippen LogP contribution is -2.25. The number of rotatable bonds is 2. The number of benzene rings is 1. The van der Waals surface area contributed by atoms with Gasteiger partial charge in [0, 0.05) is 10.6 Å². The fourth-order valence-electron chi connectivity index (χ4n) is 0.954. The summed E-state index contributed by atoms with van der Waals surface area (Å²) >= 11 is 10.6. The molecule has 3 nitrogen and oxygen atoms in total. The summed E-state index contributed by atoms with van der Waals surface area (Å²) in [6.07, 6.45) is 0. The fraction of sp³-hybridized carbons (Fsp3) is 0.111. The second kappa shape index (κ2) is 4.93. The van der Waals surface area contributed by atoms with Crippen molar-refractivity contribution >= 4 is 34.6 Å². The first-order chi connectivity index (χ1) is 6.61. The van der Waals surface area contributed by atoms with Crippen LogP contribution >= 0.6 is 23.8 Å². The molecule has 0 saturated carbocycles. The predicted octanol–water partition coefficient (Wildman–Crippen LogP) is 1.90. The molecular formula is C9H10ClN3S. The van der Waals surface area contributed by atoms with Crippen LogP contribution in [0.15, 0.2) is 29.4 Å². The number of nitrogens with zero attached hydrogens (tertiary/aromatic N) is 1. The molecule has 0 atom stereocenters. The normalized spacial score (nSPS) is 11.1. The minimum Gasteiger partial charge on any atom is -0.375 e. The van der Waals surface area contributed by atoms with Crippen molar-refractivity contribution in [3.05, 3.63) is 34.9 Å². The van der Waals surface area contributed by atoms with Crippen molar-refractivity contribution in [3.63, 3.8) is 0 Å². The van der Waals surface area contributed by atoms with Crippen molar-refractivity contribution in [1.29, 1.82) is 0 Å². The van der Waals surface area contributed by atoms with Gasteiger partial charge in [-0.1, -0.05) is 29.8 Å². The van der Waals surface area contributed by atoms with Gasteiger partial charge in [-0.05, 0) is 25.2 Å². The Hall–Kier alpha value is -1.13. The number of hydrogen-bond acceptors (Lipinski definition) is 2. The van der Waals surface area contributed by atoms with Gasteiger partial charge in [0.2, 0.25) is 0 Å². The van der Waals surface area contributed by atoms with Gasteiger partial charge in [0.05, 0.1) is 5.71 Å². The molecule has 0 radical (unpaired) electrons. The number of thiocarbonyl (C=S) groups is 1. The third kappa shape index (κ3) is 2.97. The smallest absolute Gasteiger partial charge is 0.184 e. The van der Waals surface area contributed by atoms with E-state index >= 15 is 0 Å². The molecule has 0 saturated heterocycles. The molecule has 5 heteroatoms. The van der Waals surface area contributed by atoms with Gasteiger partial charge >= 0.3 is 0 Å². The third-order valence-corrected chi connectivity index (χ3v) is 2.02. The fourth-order valence-corrected chi connectivity index (χ4v) is 1.27. The minimum absolute atomic E-state index is 0.136. The molecule has 3 N–H and O–H groups in total. The third-order valence-electron chi connectivity index (χ3n) is 1.60. The summed E-state index contributed by atoms with van der Waals surface area (Å²) in [5.41, 5.74) is 9.35. The molecule has 14 heavy (non-hydrogen) atoms. The molecule has 1 aromatic carbocycles. The monoisotopic (exact) mass is 227 g/mol. The van der Waals surface area contributed by atoms with Crippen LogP contribution in [0.4, 0.5) is 0 Å². The Balaban J connectivity index is 2.89. The summed E-state index contributed by atoms with van der Waals surface area (Å²) in [7, 11) is 0. The van der Waals surface area contributed by atoms with Gasteiger partial charge in [-0.2, -0.15) is 5.10 Å². The summed E-state index contributed by atoms with van der Waals surface area (Å²) in [6.45, 7) is 1.83. The van der Waals surface area contributed by atoms with Gasteiger partial charge in [0.15, 0.2) is 5.11 Å². The summed E-state index contributed by atoms with van der Waals surface area (Å²) in [4.78, 5) is 0. The molecule has 0 fully saturated rings. The Morgan fingerprint density at radius 3 is 2.71 bits per heavy atom. The van der Waals surface area contributed by atoms with Crippen LogP contribution in [0.2, 0.25) is 5.02 Å². The molecule has 0 spiro atoms. The highest BCUT2D eigenvalue weighted by Crippen LogP contribution is 2.15. The Morgan fingerprint density at radius 2 is 2.14 bits per heavy atom. The highest BCUT2D eigenvalue weighted by Gasteiger charge is 2.01. The maximum atomic E-state index is 5.96. The summed E-state index contributed by atoms with van der Waals surface area (Å²) in [5, 5.41) is 4.76. The number of hydrogen-bond donors (Lipinski definition) is 2. The molecule has 0 aliphatic rings. The molecule has 0 aliphatic carbocycles. The molecule has 0 unspecified atom stereocenters. The van der Waals surface area contributed by atoms with Crippen molar-refractivity contribution in [1.82, 2.24) is 5.43 Å². The van der Waals surface area contributed by atoms with Crippen molar-refractivity contribution in [3.8, 4) is 0 Å². The zero-order chi connectivity index (χ0) is 10.6. The van der Waals surface area contributed by atoms with Gasteiger partial charge in [-0.25, -0.2) is 0 Å². The quantitative estimate of drug-likeness (QED) is 0.461. The first-order valence-electron chi connectivity index (χ1n) is 3.96. The lowest BCUT2D eigenvalue weighted by Gasteiger charge is -2.03. The van der Waals surface area contributed by atoms with E-state index in [2.05, 4.69) is 22.7 Å². The second-order valence-corrected chi connectivity index (χ2v) is 3.50. The molecule has 0 heterocycles. The van der Waals surface area contributed by atoms with E-state index in [0.29, 0.717) is 5.02 Å². The Kier molecular flexibility index (Phi) is 3.85. The predicted molar refractivity (Wildman–Crippen MR) is 63.6 cm³/mol. The highest BCUT2D eigenvalue weighted by molar-refractivity contribution is 7.80. The molecule has 74 valence electrons. The summed E-state index contributed by atoms with van der Waals surface area (Å²) in [6, 6.07) is 7.43. The summed E-state index contributed by atoms with van der Waals surface area (Å²) in [5.74, 6) is 0. The van der Waals surface area contributed by atoms with Gasteiger partial charge in [-0.15, -0.1) is 0 Å². The van der Waals surface area contributed by atoms with E-state index < -0.39 is 0 Å². The zero-order valence-electron chi connectivity index (χ0n) is 7.62. The number of halogens is 1. The first-order valence-corrected chi connectivity index (χ1v) is 4.74. The Morgan fingerprint density at radius 1 is 1.50 bits per heavy atom. The largest absolute Gasteiger partial charge is 0.375 e. The van der Waals surface area contributed by atoms with E-state index in [4.69, 9.17) is 17.3 Å². The lowest BCUT2D eigenvalue weighted by molar-refractivity contribution is 1.03. The topological polar surface area (TPSA) is 50.4 Å². The lowest BCUT2D eigenvalue weighted by atomic mass is 10.1. The standard InChI is InChI=1S/C9H10ClN3S/c1-6(12-13-9(11)14)7-4-2-3-5-8(7)10/h2-5H,1H3,(H3,11,13,14)/b12-6+. The van der Waals surface area contributed by atoms with E-state index in [0.717, 1.165) is 11.3 Å². The van der Waals surface area contributed by atoms with E-state index in [1.165, 1.54) is 0 Å². The molecule has 0 aliphatic heterocycles. The van der Waals surface area contributed by atoms with Crippen LogP contribution in [0, 0.1) is 0 Å². The van der Waals surface area contributed by atoms with Gasteiger partial charge < -0.3 is 5.73 Å². The SMILES string of the molecule is C/C(=N\NC(N)=S)c1ccccc1Cl. The Bertz CT molecular complexity index is 376. The second-order valence-electron chi connectivity index (χ2n) is 2.65. The average molecular weight is 228 g/mol. The molecular weight excluding hydrogens is 218 g/mol. The minimum atomic E-state index is 0.136. The average Bonchev–Trinajstić information content (AvgIpc) is 2.15. The number of nitrogens with one attached hydrogen (secondary N) is 1. The van der Waals surface area contributed by atoms with Gasteiger partial charge in [0.1, 0.15) is 0 Å². The van der Waals surface area contributed by atoms with Crippen LogP contribution in [0.25, 0.3) is 0 Å². The van der Waals surface area contributed by atoms with Crippen LogP contribution in [-0.4, -0.2) is 10.8 Å². The van der Waals surface area contributed by atoms with E-state index in [-0.39, 0.29) is 5.11 Å². The van der Waals surface area contributed by atoms with E-state index in [1.807, 2.05) is 25.1 Å². The van der Waals surface area contributed by atoms with Gasteiger partial charge in [0.25, 0.3) is 0 Å².